The van der Waals surface area contributed by atoms with E-state index in [1.54, 1.807) is 18.2 Å². The van der Waals surface area contributed by atoms with Crippen LogP contribution in [0.15, 0.2) is 54.6 Å². The second-order valence-corrected chi connectivity index (χ2v) is 6.43. The summed E-state index contributed by atoms with van der Waals surface area (Å²) in [5.41, 5.74) is 3.17. The molecule has 2 aromatic rings. The van der Waals surface area contributed by atoms with Crippen LogP contribution in [0.1, 0.15) is 29.5 Å². The molecule has 4 nitrogen and oxygen atoms in total. The van der Waals surface area contributed by atoms with Crippen LogP contribution in [-0.4, -0.2) is 4.92 Å². The van der Waals surface area contributed by atoms with Crippen LogP contribution in [0.5, 0.6) is 0 Å². The molecule has 0 unspecified atom stereocenters. The fourth-order valence-electron chi connectivity index (χ4n) is 3.73. The van der Waals surface area contributed by atoms with Gasteiger partial charge in [-0.15, -0.1) is 0 Å². The van der Waals surface area contributed by atoms with Gasteiger partial charge in [-0.05, 0) is 35.6 Å². The molecule has 5 heteroatoms. The van der Waals surface area contributed by atoms with Gasteiger partial charge in [-0.3, -0.25) is 10.1 Å². The van der Waals surface area contributed by atoms with E-state index < -0.39 is 0 Å². The predicted molar refractivity (Wildman–Crippen MR) is 90.9 cm³/mol. The minimum atomic E-state index is -0.339. The molecule has 0 aromatic heterocycles. The Bertz CT molecular complexity index is 818. The highest BCUT2D eigenvalue weighted by molar-refractivity contribution is 6.31. The van der Waals surface area contributed by atoms with Gasteiger partial charge in [0.2, 0.25) is 0 Å². The highest BCUT2D eigenvalue weighted by atomic mass is 35.5. The van der Waals surface area contributed by atoms with Gasteiger partial charge in [0.15, 0.2) is 0 Å². The first kappa shape index (κ1) is 14.3. The molecule has 0 saturated heterocycles. The first-order valence-corrected chi connectivity index (χ1v) is 7.99. The number of nitrogens with one attached hydrogen (secondary N) is 1. The van der Waals surface area contributed by atoms with E-state index >= 15 is 0 Å². The van der Waals surface area contributed by atoms with Crippen LogP contribution >= 0.6 is 11.6 Å². The lowest BCUT2D eigenvalue weighted by atomic mass is 9.77. The number of hydrogen-bond donors (Lipinski definition) is 1. The van der Waals surface area contributed by atoms with Gasteiger partial charge in [0.1, 0.15) is 0 Å². The zero-order valence-electron chi connectivity index (χ0n) is 12.3. The summed E-state index contributed by atoms with van der Waals surface area (Å²) >= 11 is 6.39. The molecule has 1 aliphatic carbocycles. The number of nitro groups is 1. The van der Waals surface area contributed by atoms with Crippen molar-refractivity contribution in [1.82, 2.24) is 0 Å². The molecular formula is C18H15ClN2O2. The minimum absolute atomic E-state index is 0.109. The van der Waals surface area contributed by atoms with Crippen molar-refractivity contribution in [1.29, 1.82) is 0 Å². The Morgan fingerprint density at radius 2 is 2.00 bits per heavy atom. The van der Waals surface area contributed by atoms with Crippen molar-refractivity contribution in [3.8, 4) is 0 Å². The predicted octanol–water partition coefficient (Wildman–Crippen LogP) is 5.07. The monoisotopic (exact) mass is 326 g/mol. The third-order valence-electron chi connectivity index (χ3n) is 4.80. The highest BCUT2D eigenvalue weighted by Crippen LogP contribution is 2.51. The van der Waals surface area contributed by atoms with Crippen molar-refractivity contribution in [2.45, 2.75) is 18.4 Å². The van der Waals surface area contributed by atoms with Crippen LogP contribution < -0.4 is 5.32 Å². The van der Waals surface area contributed by atoms with Crippen molar-refractivity contribution in [2.75, 3.05) is 5.32 Å². The standard InChI is InChI=1S/C18H15ClN2O2/c19-16-7-2-1-4-14(16)18-13-6-3-5-12(13)15-10-11(21(22)23)8-9-17(15)20-18/h1-5,7-10,12-13,18,20H,6H2/t12-,13+,18-/m0/s1. The Hall–Kier alpha value is -2.33. The molecule has 0 bridgehead atoms. The van der Waals surface area contributed by atoms with E-state index in [0.717, 1.165) is 28.3 Å². The van der Waals surface area contributed by atoms with Gasteiger partial charge in [0, 0.05) is 28.8 Å². The molecule has 0 radical (unpaired) electrons. The third-order valence-corrected chi connectivity index (χ3v) is 5.14. The van der Waals surface area contributed by atoms with Crippen molar-refractivity contribution in [3.05, 3.63) is 80.9 Å². The number of benzene rings is 2. The molecule has 0 amide bonds. The van der Waals surface area contributed by atoms with Crippen LogP contribution in [0.3, 0.4) is 0 Å². The van der Waals surface area contributed by atoms with Crippen molar-refractivity contribution < 1.29 is 4.92 Å². The molecule has 3 atom stereocenters. The van der Waals surface area contributed by atoms with Crippen LogP contribution in [0, 0.1) is 16.0 Å². The Kier molecular flexibility index (Phi) is 3.34. The molecule has 1 heterocycles. The van der Waals surface area contributed by atoms with Gasteiger partial charge in [-0.25, -0.2) is 0 Å². The Balaban J connectivity index is 1.81. The largest absolute Gasteiger partial charge is 0.378 e. The number of fused-ring (bicyclic) bond motifs is 3. The Morgan fingerprint density at radius 1 is 1.17 bits per heavy atom. The number of anilines is 1. The van der Waals surface area contributed by atoms with Gasteiger partial charge in [-0.2, -0.15) is 0 Å². The minimum Gasteiger partial charge on any atom is -0.378 e. The van der Waals surface area contributed by atoms with Crippen LogP contribution in [-0.2, 0) is 0 Å². The maximum absolute atomic E-state index is 11.1. The lowest BCUT2D eigenvalue weighted by molar-refractivity contribution is -0.384. The number of non-ortho nitro benzene ring substituents is 1. The van der Waals surface area contributed by atoms with E-state index in [1.807, 2.05) is 24.3 Å². The van der Waals surface area contributed by atoms with E-state index in [2.05, 4.69) is 17.5 Å². The number of allylic oxidation sites excluding steroid dienone is 2. The van der Waals surface area contributed by atoms with Crippen molar-refractivity contribution in [3.63, 3.8) is 0 Å². The first-order chi connectivity index (χ1) is 11.1. The topological polar surface area (TPSA) is 55.2 Å². The fraction of sp³-hybridized carbons (Fsp3) is 0.222. The average Bonchev–Trinajstić information content (AvgIpc) is 3.04. The molecule has 2 aromatic carbocycles. The summed E-state index contributed by atoms with van der Waals surface area (Å²) in [6.45, 7) is 0. The molecule has 0 saturated carbocycles. The second kappa shape index (κ2) is 5.39. The number of rotatable bonds is 2. The smallest absolute Gasteiger partial charge is 0.269 e. The van der Waals surface area contributed by atoms with Crippen LogP contribution in [0.4, 0.5) is 11.4 Å². The fourth-order valence-corrected chi connectivity index (χ4v) is 3.98. The third kappa shape index (κ3) is 2.30. The molecule has 1 N–H and O–H groups in total. The van der Waals surface area contributed by atoms with E-state index in [9.17, 15) is 10.1 Å². The highest BCUT2D eigenvalue weighted by Gasteiger charge is 2.39. The summed E-state index contributed by atoms with van der Waals surface area (Å²) in [5.74, 6) is 0.511. The van der Waals surface area contributed by atoms with Gasteiger partial charge < -0.3 is 5.32 Å². The van der Waals surface area contributed by atoms with E-state index in [-0.39, 0.29) is 22.6 Å². The molecule has 1 aliphatic heterocycles. The number of hydrogen-bond acceptors (Lipinski definition) is 3. The molecular weight excluding hydrogens is 312 g/mol. The van der Waals surface area contributed by atoms with Crippen LogP contribution in [0.2, 0.25) is 5.02 Å². The van der Waals surface area contributed by atoms with Crippen LogP contribution in [0.25, 0.3) is 0 Å². The van der Waals surface area contributed by atoms with E-state index in [4.69, 9.17) is 11.6 Å². The van der Waals surface area contributed by atoms with Gasteiger partial charge in [0.25, 0.3) is 5.69 Å². The molecule has 23 heavy (non-hydrogen) atoms. The van der Waals surface area contributed by atoms with Gasteiger partial charge in [-0.1, -0.05) is 42.0 Å². The average molecular weight is 327 g/mol. The zero-order valence-corrected chi connectivity index (χ0v) is 13.0. The second-order valence-electron chi connectivity index (χ2n) is 6.03. The lowest BCUT2D eigenvalue weighted by Crippen LogP contribution is -2.29. The molecule has 116 valence electrons. The maximum atomic E-state index is 11.1. The summed E-state index contributed by atoms with van der Waals surface area (Å²) in [7, 11) is 0. The number of nitrogens with zero attached hydrogens (tertiary/aromatic N) is 1. The van der Waals surface area contributed by atoms with E-state index in [0.29, 0.717) is 5.92 Å². The lowest BCUT2D eigenvalue weighted by Gasteiger charge is -2.37. The Labute approximate surface area is 138 Å². The number of nitro benzene ring substituents is 1. The molecule has 4 rings (SSSR count). The first-order valence-electron chi connectivity index (χ1n) is 7.61. The summed E-state index contributed by atoms with van der Waals surface area (Å²) in [4.78, 5) is 10.7. The molecule has 0 fully saturated rings. The molecule has 2 aliphatic rings. The normalized spacial score (nSPS) is 24.7. The summed E-state index contributed by atoms with van der Waals surface area (Å²) in [5, 5.41) is 15.4. The Morgan fingerprint density at radius 3 is 2.78 bits per heavy atom. The van der Waals surface area contributed by atoms with Crippen molar-refractivity contribution >= 4 is 23.0 Å². The summed E-state index contributed by atoms with van der Waals surface area (Å²) in [6, 6.07) is 13.0. The maximum Gasteiger partial charge on any atom is 0.269 e. The van der Waals surface area contributed by atoms with Crippen molar-refractivity contribution in [2.24, 2.45) is 5.92 Å². The molecule has 0 spiro atoms. The SMILES string of the molecule is O=[N+]([O-])c1ccc2c(c1)[C@H]1C=CC[C@H]1[C@@H](c1ccccc1Cl)N2. The summed E-state index contributed by atoms with van der Waals surface area (Å²) < 4.78 is 0. The quantitative estimate of drug-likeness (QED) is 0.476. The van der Waals surface area contributed by atoms with E-state index in [1.165, 1.54) is 0 Å². The zero-order chi connectivity index (χ0) is 16.0. The summed E-state index contributed by atoms with van der Waals surface area (Å²) in [6.07, 6.45) is 5.27. The van der Waals surface area contributed by atoms with Gasteiger partial charge in [0.05, 0.1) is 11.0 Å². The number of halogens is 1. The van der Waals surface area contributed by atoms with Gasteiger partial charge >= 0.3 is 0 Å².